The molecule has 2 atom stereocenters. The second kappa shape index (κ2) is 6.21. The van der Waals surface area contributed by atoms with E-state index in [1.54, 1.807) is 0 Å². The lowest BCUT2D eigenvalue weighted by Gasteiger charge is -2.12. The fourth-order valence-electron chi connectivity index (χ4n) is 0.708. The van der Waals surface area contributed by atoms with Crippen LogP contribution in [-0.4, -0.2) is 39.8 Å². The lowest BCUT2D eigenvalue weighted by Crippen LogP contribution is -2.43. The van der Waals surface area contributed by atoms with E-state index >= 15 is 0 Å². The Hall–Kier alpha value is -1.33. The minimum Gasteiger partial charge on any atom is -0.481 e. The van der Waals surface area contributed by atoms with E-state index < -0.39 is 44.4 Å². The minimum absolute atomic E-state index is 0.748. The highest BCUT2D eigenvalue weighted by molar-refractivity contribution is 7.46. The van der Waals surface area contributed by atoms with Gasteiger partial charge in [-0.3, -0.25) is 18.9 Å². The van der Waals surface area contributed by atoms with E-state index in [4.69, 9.17) is 10.2 Å². The van der Waals surface area contributed by atoms with Gasteiger partial charge in [-0.05, 0) is 6.92 Å². The summed E-state index contributed by atoms with van der Waals surface area (Å²) in [7, 11) is -0.751. The molecule has 0 fully saturated rings. The summed E-state index contributed by atoms with van der Waals surface area (Å²) in [5.41, 5.74) is -0.758. The van der Waals surface area contributed by atoms with Gasteiger partial charge in [0.05, 0.1) is 12.5 Å². The fourth-order valence-corrected chi connectivity index (χ4v) is 0.931. The predicted octanol–water partition coefficient (Wildman–Crippen LogP) is -0.855. The molecular weight excluding hydrogens is 225 g/mol. The number of rotatable bonds is 6. The molecule has 15 heavy (non-hydrogen) atoms. The molecule has 0 aromatic heterocycles. The molecule has 0 unspecified atom stereocenters. The van der Waals surface area contributed by atoms with Crippen LogP contribution in [0.15, 0.2) is 0 Å². The van der Waals surface area contributed by atoms with Gasteiger partial charge in [0.1, 0.15) is 6.10 Å². The van der Waals surface area contributed by atoms with Crippen molar-refractivity contribution in [3.05, 3.63) is 0 Å². The van der Waals surface area contributed by atoms with E-state index in [-0.39, 0.29) is 0 Å². The molecule has 1 amide bonds. The quantitative estimate of drug-likeness (QED) is 0.515. The second-order valence-electron chi connectivity index (χ2n) is 2.77. The smallest absolute Gasteiger partial charge is 0.306 e. The maximum Gasteiger partial charge on any atom is 0.306 e. The van der Waals surface area contributed by atoms with Crippen LogP contribution in [0.5, 0.6) is 0 Å². The molecule has 0 aromatic rings. The van der Waals surface area contributed by atoms with Crippen molar-refractivity contribution >= 4 is 25.9 Å². The Morgan fingerprint density at radius 2 is 1.93 bits per heavy atom. The van der Waals surface area contributed by atoms with Crippen molar-refractivity contribution in [2.75, 3.05) is 0 Å². The maximum absolute atomic E-state index is 11.0. The highest BCUT2D eigenvalue weighted by Gasteiger charge is 2.22. The third-order valence-corrected chi connectivity index (χ3v) is 2.06. The zero-order chi connectivity index (χ0) is 12.0. The molecular formula is C7H10NO6P. The van der Waals surface area contributed by atoms with Crippen molar-refractivity contribution in [2.24, 2.45) is 0 Å². The van der Waals surface area contributed by atoms with Crippen molar-refractivity contribution in [2.45, 2.75) is 25.5 Å². The summed E-state index contributed by atoms with van der Waals surface area (Å²) in [6.45, 7) is 1.28. The molecule has 7 nitrogen and oxygen atoms in total. The minimum atomic E-state index is -1.72. The molecule has 0 aliphatic heterocycles. The van der Waals surface area contributed by atoms with E-state index in [9.17, 15) is 18.9 Å². The van der Waals surface area contributed by atoms with Crippen molar-refractivity contribution < 1.29 is 29.2 Å². The molecule has 0 rings (SSSR count). The lowest BCUT2D eigenvalue weighted by molar-refractivity contribution is -0.144. The third-order valence-electron chi connectivity index (χ3n) is 1.49. The largest absolute Gasteiger partial charge is 0.481 e. The number of aliphatic hydroxyl groups is 1. The number of carboxylic acid groups (broad SMARTS) is 1. The lowest BCUT2D eigenvalue weighted by atomic mass is 10.2. The van der Waals surface area contributed by atoms with E-state index in [2.05, 4.69) is 0 Å². The van der Waals surface area contributed by atoms with Crippen LogP contribution < -0.4 is 5.32 Å². The Morgan fingerprint density at radius 3 is 2.33 bits per heavy atom. The Kier molecular flexibility index (Phi) is 5.66. The third kappa shape index (κ3) is 5.19. The van der Waals surface area contributed by atoms with Crippen LogP contribution in [0.2, 0.25) is 0 Å². The van der Waals surface area contributed by atoms with Crippen molar-refractivity contribution in [3.63, 3.8) is 0 Å². The van der Waals surface area contributed by atoms with Crippen molar-refractivity contribution in [1.82, 2.24) is 5.32 Å². The van der Waals surface area contributed by atoms with Gasteiger partial charge in [0.2, 0.25) is 19.9 Å². The molecule has 0 spiro atoms. The number of hydrogen-bond donors (Lipinski definition) is 3. The Labute approximate surface area is 86.7 Å². The maximum atomic E-state index is 11.0. The van der Waals surface area contributed by atoms with Crippen LogP contribution in [0.25, 0.3) is 0 Å². The summed E-state index contributed by atoms with van der Waals surface area (Å²) in [5.74, 6) is -2.32. The number of aliphatic hydroxyl groups excluding tert-OH is 1. The molecule has 0 heterocycles. The van der Waals surface area contributed by atoms with Crippen molar-refractivity contribution in [3.8, 4) is 0 Å². The van der Waals surface area contributed by atoms with Gasteiger partial charge in [-0.2, -0.15) is 0 Å². The number of carbonyl (C=O) groups excluding carboxylic acids is 2. The van der Waals surface area contributed by atoms with Crippen molar-refractivity contribution in [1.29, 1.82) is 0 Å². The molecule has 8 heteroatoms. The molecule has 0 aliphatic rings. The van der Waals surface area contributed by atoms with Crippen LogP contribution in [0, 0.1) is 0 Å². The van der Waals surface area contributed by atoms with Gasteiger partial charge in [0.15, 0.2) is 0 Å². The monoisotopic (exact) mass is 235 g/mol. The summed E-state index contributed by atoms with van der Waals surface area (Å²) in [5, 5.41) is 19.3. The number of nitrogens with one attached hydrogen (secondary N) is 1. The fraction of sp³-hybridized carbons (Fsp3) is 0.571. The zero-order valence-electron chi connectivity index (χ0n) is 7.84. The van der Waals surface area contributed by atoms with Crippen LogP contribution in [0.3, 0.4) is 0 Å². The first-order valence-electron chi connectivity index (χ1n) is 3.96. The highest BCUT2D eigenvalue weighted by Crippen LogP contribution is 2.01. The normalized spacial score (nSPS) is 14.3. The first-order chi connectivity index (χ1) is 6.88. The van der Waals surface area contributed by atoms with Crippen LogP contribution in [0.4, 0.5) is 0 Å². The molecule has 0 bridgehead atoms. The Morgan fingerprint density at radius 1 is 1.40 bits per heavy atom. The molecule has 0 saturated heterocycles. The van der Waals surface area contributed by atoms with Gasteiger partial charge in [-0.25, -0.2) is 0 Å². The summed E-state index contributed by atoms with van der Waals surface area (Å²) in [6.07, 6.45) is -2.47. The molecule has 3 N–H and O–H groups in total. The summed E-state index contributed by atoms with van der Waals surface area (Å²) in [4.78, 5) is 31.9. The topological polar surface area (TPSA) is 121 Å². The molecule has 0 radical (unpaired) electrons. The van der Waals surface area contributed by atoms with E-state index in [0.717, 1.165) is 0 Å². The summed E-state index contributed by atoms with van der Waals surface area (Å²) in [6, 6.07) is -1.03. The first kappa shape index (κ1) is 13.7. The number of aliphatic carboxylic acids is 1. The van der Waals surface area contributed by atoms with Gasteiger partial charge in [0.25, 0.3) is 0 Å². The SMILES string of the molecule is C[C@H](NC(=O)[C@@H](O)CC(=O)O)C(=O)P=O. The standard InChI is InChI=1S/C7H10NO6P/c1-3(7(13)15-14)8-6(12)4(9)2-5(10)11/h3-4,9H,2H2,1H3,(H,8,12)(H,10,11)/t3-,4-/m0/s1. The van der Waals surface area contributed by atoms with Gasteiger partial charge in [0, 0.05) is 0 Å². The van der Waals surface area contributed by atoms with Gasteiger partial charge in [-0.1, -0.05) is 0 Å². The van der Waals surface area contributed by atoms with Crippen LogP contribution >= 0.6 is 8.46 Å². The van der Waals surface area contributed by atoms with Gasteiger partial charge in [-0.15, -0.1) is 0 Å². The Balaban J connectivity index is 4.18. The molecule has 84 valence electrons. The van der Waals surface area contributed by atoms with E-state index in [0.29, 0.717) is 0 Å². The highest BCUT2D eigenvalue weighted by atomic mass is 31.1. The predicted molar refractivity (Wildman–Crippen MR) is 48.5 cm³/mol. The number of hydrogen-bond acceptors (Lipinski definition) is 5. The molecule has 0 aliphatic carbocycles. The van der Waals surface area contributed by atoms with Gasteiger partial charge < -0.3 is 15.5 Å². The number of carboxylic acids is 1. The summed E-state index contributed by atoms with van der Waals surface area (Å²) >= 11 is 0. The average molecular weight is 235 g/mol. The van der Waals surface area contributed by atoms with Crippen LogP contribution in [0.1, 0.15) is 13.3 Å². The zero-order valence-corrected chi connectivity index (χ0v) is 8.73. The number of carbonyl (C=O) groups is 3. The Bertz CT molecular complexity index is 291. The second-order valence-corrected chi connectivity index (χ2v) is 3.40. The molecule has 0 aromatic carbocycles. The first-order valence-corrected chi connectivity index (χ1v) is 4.77. The molecule has 0 saturated carbocycles. The van der Waals surface area contributed by atoms with E-state index in [1.165, 1.54) is 6.92 Å². The van der Waals surface area contributed by atoms with Gasteiger partial charge >= 0.3 is 5.97 Å². The average Bonchev–Trinajstić information content (AvgIpc) is 2.15. The summed E-state index contributed by atoms with van der Waals surface area (Å²) < 4.78 is 10.1. The van der Waals surface area contributed by atoms with Crippen LogP contribution in [-0.2, 0) is 18.9 Å². The number of amides is 1. The van der Waals surface area contributed by atoms with E-state index in [1.807, 2.05) is 5.32 Å².